The van der Waals surface area contributed by atoms with Crippen LogP contribution in [0.25, 0.3) is 6.08 Å². The molecular formula is C20H18N2O4S. The molecule has 6 nitrogen and oxygen atoms in total. The van der Waals surface area contributed by atoms with Gasteiger partial charge in [-0.2, -0.15) is 0 Å². The Hall–Kier alpha value is -3.06. The van der Waals surface area contributed by atoms with Crippen molar-refractivity contribution in [1.82, 2.24) is 4.90 Å². The van der Waals surface area contributed by atoms with Gasteiger partial charge in [-0.1, -0.05) is 18.2 Å². The molecule has 0 bridgehead atoms. The zero-order valence-electron chi connectivity index (χ0n) is 14.9. The molecule has 1 aliphatic heterocycles. The molecule has 2 aromatic rings. The van der Waals surface area contributed by atoms with Crippen LogP contribution in [-0.2, 0) is 9.59 Å². The molecule has 27 heavy (non-hydrogen) atoms. The molecule has 1 heterocycles. The van der Waals surface area contributed by atoms with Crippen molar-refractivity contribution in [3.8, 4) is 5.75 Å². The molecule has 0 aromatic heterocycles. The Morgan fingerprint density at radius 1 is 1.11 bits per heavy atom. The SMILES string of the molecule is Cc1ccc(NC(=O)CN2C(=O)S/C(=C/c3ccc(O)cc3)C2=O)cc1C. The summed E-state index contributed by atoms with van der Waals surface area (Å²) in [6.07, 6.45) is 1.56. The predicted molar refractivity (Wildman–Crippen MR) is 105 cm³/mol. The average molecular weight is 382 g/mol. The van der Waals surface area contributed by atoms with Crippen molar-refractivity contribution < 1.29 is 19.5 Å². The second kappa shape index (κ2) is 7.67. The number of hydrogen-bond acceptors (Lipinski definition) is 5. The molecule has 0 radical (unpaired) electrons. The van der Waals surface area contributed by atoms with Crippen LogP contribution in [0.1, 0.15) is 16.7 Å². The fourth-order valence-electron chi connectivity index (χ4n) is 2.52. The van der Waals surface area contributed by atoms with Crippen molar-refractivity contribution in [3.05, 3.63) is 64.1 Å². The fraction of sp³-hybridized carbons (Fsp3) is 0.150. The summed E-state index contributed by atoms with van der Waals surface area (Å²) < 4.78 is 0. The van der Waals surface area contributed by atoms with Gasteiger partial charge in [0.15, 0.2) is 0 Å². The average Bonchev–Trinajstić information content (AvgIpc) is 2.87. The number of nitrogens with one attached hydrogen (secondary N) is 1. The summed E-state index contributed by atoms with van der Waals surface area (Å²) in [5.74, 6) is -0.831. The number of anilines is 1. The minimum absolute atomic E-state index is 0.114. The van der Waals surface area contributed by atoms with E-state index in [1.165, 1.54) is 12.1 Å². The first kappa shape index (κ1) is 18.7. The lowest BCUT2D eigenvalue weighted by Gasteiger charge is -2.13. The Balaban J connectivity index is 1.68. The largest absolute Gasteiger partial charge is 0.508 e. The van der Waals surface area contributed by atoms with Crippen LogP contribution in [0.15, 0.2) is 47.4 Å². The van der Waals surface area contributed by atoms with E-state index in [1.807, 2.05) is 26.0 Å². The number of hydrogen-bond donors (Lipinski definition) is 2. The number of phenols is 1. The van der Waals surface area contributed by atoms with Gasteiger partial charge in [-0.3, -0.25) is 19.3 Å². The van der Waals surface area contributed by atoms with Gasteiger partial charge in [-0.15, -0.1) is 0 Å². The number of thioether (sulfide) groups is 1. The minimum Gasteiger partial charge on any atom is -0.508 e. The molecular weight excluding hydrogens is 364 g/mol. The van der Waals surface area contributed by atoms with Crippen LogP contribution in [0.4, 0.5) is 10.5 Å². The number of imide groups is 1. The van der Waals surface area contributed by atoms with Crippen LogP contribution in [0.3, 0.4) is 0 Å². The lowest BCUT2D eigenvalue weighted by molar-refractivity contribution is -0.127. The number of aryl methyl sites for hydroxylation is 2. The van der Waals surface area contributed by atoms with Crippen molar-refractivity contribution >= 4 is 40.6 Å². The van der Waals surface area contributed by atoms with E-state index in [9.17, 15) is 19.5 Å². The van der Waals surface area contributed by atoms with Gasteiger partial charge in [0, 0.05) is 5.69 Å². The van der Waals surface area contributed by atoms with E-state index in [0.29, 0.717) is 11.3 Å². The van der Waals surface area contributed by atoms with Gasteiger partial charge >= 0.3 is 0 Å². The van der Waals surface area contributed by atoms with E-state index in [0.717, 1.165) is 27.8 Å². The molecule has 2 N–H and O–H groups in total. The molecule has 3 amide bonds. The Bertz CT molecular complexity index is 951. The number of carbonyl (C=O) groups excluding carboxylic acids is 3. The van der Waals surface area contributed by atoms with Crippen molar-refractivity contribution in [2.24, 2.45) is 0 Å². The molecule has 3 rings (SSSR count). The highest BCUT2D eigenvalue weighted by Crippen LogP contribution is 2.32. The van der Waals surface area contributed by atoms with Gasteiger partial charge in [0.2, 0.25) is 5.91 Å². The third kappa shape index (κ3) is 4.38. The van der Waals surface area contributed by atoms with Crippen LogP contribution in [-0.4, -0.2) is 33.6 Å². The predicted octanol–water partition coefficient (Wildman–Crippen LogP) is 3.68. The highest BCUT2D eigenvalue weighted by atomic mass is 32.2. The Labute approximate surface area is 160 Å². The van der Waals surface area contributed by atoms with Crippen LogP contribution >= 0.6 is 11.8 Å². The zero-order chi connectivity index (χ0) is 19.6. The first-order valence-corrected chi connectivity index (χ1v) is 9.06. The summed E-state index contributed by atoms with van der Waals surface area (Å²) in [6, 6.07) is 11.8. The normalized spacial score (nSPS) is 15.5. The van der Waals surface area contributed by atoms with E-state index in [-0.39, 0.29) is 17.2 Å². The van der Waals surface area contributed by atoms with Crippen LogP contribution < -0.4 is 5.32 Å². The molecule has 1 saturated heterocycles. The quantitative estimate of drug-likeness (QED) is 0.788. The lowest BCUT2D eigenvalue weighted by Crippen LogP contribution is -2.36. The first-order chi connectivity index (χ1) is 12.8. The van der Waals surface area contributed by atoms with Crippen LogP contribution in [0.2, 0.25) is 0 Å². The summed E-state index contributed by atoms with van der Waals surface area (Å²) in [7, 11) is 0. The molecule has 1 fully saturated rings. The van der Waals surface area contributed by atoms with E-state index >= 15 is 0 Å². The number of amides is 3. The number of carbonyl (C=O) groups is 3. The van der Waals surface area contributed by atoms with Crippen molar-refractivity contribution in [3.63, 3.8) is 0 Å². The van der Waals surface area contributed by atoms with Gasteiger partial charge in [0.05, 0.1) is 4.91 Å². The first-order valence-electron chi connectivity index (χ1n) is 8.25. The van der Waals surface area contributed by atoms with Gasteiger partial charge in [0.25, 0.3) is 11.1 Å². The second-order valence-electron chi connectivity index (χ2n) is 6.21. The number of benzene rings is 2. The molecule has 2 aromatic carbocycles. The molecule has 0 spiro atoms. The molecule has 0 atom stereocenters. The number of nitrogens with zero attached hydrogens (tertiary/aromatic N) is 1. The number of aromatic hydroxyl groups is 1. The van der Waals surface area contributed by atoms with Gasteiger partial charge in [0.1, 0.15) is 12.3 Å². The highest BCUT2D eigenvalue weighted by molar-refractivity contribution is 8.18. The van der Waals surface area contributed by atoms with Crippen molar-refractivity contribution in [2.45, 2.75) is 13.8 Å². The number of phenolic OH excluding ortho intramolecular Hbond substituents is 1. The minimum atomic E-state index is -0.506. The topological polar surface area (TPSA) is 86.7 Å². The maximum Gasteiger partial charge on any atom is 0.294 e. The van der Waals surface area contributed by atoms with Crippen LogP contribution in [0.5, 0.6) is 5.75 Å². The summed E-state index contributed by atoms with van der Waals surface area (Å²) >= 11 is 0.790. The summed E-state index contributed by atoms with van der Waals surface area (Å²) in [6.45, 7) is 3.57. The monoisotopic (exact) mass is 382 g/mol. The van der Waals surface area contributed by atoms with Gasteiger partial charge in [-0.05, 0) is 72.6 Å². The Morgan fingerprint density at radius 2 is 1.81 bits per heavy atom. The summed E-state index contributed by atoms with van der Waals surface area (Å²) in [4.78, 5) is 38.0. The summed E-state index contributed by atoms with van der Waals surface area (Å²) in [5.41, 5.74) is 3.45. The van der Waals surface area contributed by atoms with Crippen molar-refractivity contribution in [1.29, 1.82) is 0 Å². The zero-order valence-corrected chi connectivity index (χ0v) is 15.7. The van der Waals surface area contributed by atoms with Crippen LogP contribution in [0, 0.1) is 13.8 Å². The second-order valence-corrected chi connectivity index (χ2v) is 7.20. The number of rotatable bonds is 4. The molecule has 1 aliphatic rings. The third-order valence-corrected chi connectivity index (χ3v) is 5.06. The van der Waals surface area contributed by atoms with E-state index in [2.05, 4.69) is 5.32 Å². The summed E-state index contributed by atoms with van der Waals surface area (Å²) in [5, 5.41) is 11.5. The van der Waals surface area contributed by atoms with Gasteiger partial charge in [-0.25, -0.2) is 0 Å². The van der Waals surface area contributed by atoms with E-state index < -0.39 is 17.1 Å². The van der Waals surface area contributed by atoms with Gasteiger partial charge < -0.3 is 10.4 Å². The molecule has 7 heteroatoms. The standard InChI is InChI=1S/C20H18N2O4S/c1-12-3-6-15(9-13(12)2)21-18(24)11-22-19(25)17(27-20(22)26)10-14-4-7-16(23)8-5-14/h3-10,23H,11H2,1-2H3,(H,21,24)/b17-10+. The van der Waals surface area contributed by atoms with E-state index in [1.54, 1.807) is 24.3 Å². The smallest absolute Gasteiger partial charge is 0.294 e. The lowest BCUT2D eigenvalue weighted by atomic mass is 10.1. The fourth-order valence-corrected chi connectivity index (χ4v) is 3.36. The third-order valence-electron chi connectivity index (χ3n) is 4.16. The highest BCUT2D eigenvalue weighted by Gasteiger charge is 2.36. The maximum atomic E-state index is 12.5. The van der Waals surface area contributed by atoms with Crippen molar-refractivity contribution in [2.75, 3.05) is 11.9 Å². The molecule has 0 aliphatic carbocycles. The Morgan fingerprint density at radius 3 is 2.48 bits per heavy atom. The molecule has 0 unspecified atom stereocenters. The molecule has 0 saturated carbocycles. The molecule has 138 valence electrons. The Kier molecular flexibility index (Phi) is 5.32. The maximum absolute atomic E-state index is 12.5. The van der Waals surface area contributed by atoms with E-state index in [4.69, 9.17) is 0 Å².